The highest BCUT2D eigenvalue weighted by Crippen LogP contribution is 2.09. The fraction of sp³-hybridized carbons (Fsp3) is 0.667. The van der Waals surface area contributed by atoms with Crippen molar-refractivity contribution >= 4 is 23.9 Å². The fourth-order valence-electron chi connectivity index (χ4n) is 2.12. The molecule has 0 aromatic rings. The minimum Gasteiger partial charge on any atom is -0.481 e. The van der Waals surface area contributed by atoms with Gasteiger partial charge in [-0.05, 0) is 12.8 Å². The van der Waals surface area contributed by atoms with Gasteiger partial charge in [-0.25, -0.2) is 9.59 Å². The average Bonchev–Trinajstić information content (AvgIpc) is 2.42. The van der Waals surface area contributed by atoms with E-state index in [-0.39, 0.29) is 25.3 Å². The van der Waals surface area contributed by atoms with Crippen LogP contribution in [0.15, 0.2) is 0 Å². The molecular formula is C12H19N3O6. The Bertz CT molecular complexity index is 439. The highest BCUT2D eigenvalue weighted by atomic mass is 16.4. The van der Waals surface area contributed by atoms with Crippen molar-refractivity contribution in [1.82, 2.24) is 15.5 Å². The zero-order chi connectivity index (χ0) is 16.0. The monoisotopic (exact) mass is 301 g/mol. The molecule has 0 aromatic heterocycles. The van der Waals surface area contributed by atoms with E-state index < -0.39 is 30.1 Å². The molecule has 0 aromatic carbocycles. The lowest BCUT2D eigenvalue weighted by atomic mass is 10.1. The van der Waals surface area contributed by atoms with Gasteiger partial charge >= 0.3 is 18.0 Å². The van der Waals surface area contributed by atoms with Crippen LogP contribution in [-0.2, 0) is 14.4 Å². The largest absolute Gasteiger partial charge is 0.481 e. The first-order valence-corrected chi connectivity index (χ1v) is 6.66. The number of rotatable bonds is 6. The highest BCUT2D eigenvalue weighted by Gasteiger charge is 2.33. The second-order valence-corrected chi connectivity index (χ2v) is 4.68. The molecule has 9 heteroatoms. The van der Waals surface area contributed by atoms with Gasteiger partial charge in [0.1, 0.15) is 12.1 Å². The minimum absolute atomic E-state index is 0.215. The molecule has 1 fully saturated rings. The molecule has 1 unspecified atom stereocenters. The number of carbonyl (C=O) groups excluding carboxylic acids is 2. The average molecular weight is 301 g/mol. The standard InChI is InChI=1S/C12H19N3O6/c1-2-8-10(18)13-5-6-15(8)12(21)14-7(11(19)20)3-4-9(16)17/h7-8H,2-6H2,1H3,(H,13,18)(H,14,21)(H,16,17)(H,19,20)/t7-,8?/m0/s1. The first-order valence-electron chi connectivity index (χ1n) is 6.66. The summed E-state index contributed by atoms with van der Waals surface area (Å²) in [7, 11) is 0. The number of nitrogens with one attached hydrogen (secondary N) is 2. The molecular weight excluding hydrogens is 282 g/mol. The van der Waals surface area contributed by atoms with E-state index in [1.807, 2.05) is 0 Å². The number of carbonyl (C=O) groups is 4. The van der Waals surface area contributed by atoms with E-state index in [1.165, 1.54) is 4.90 Å². The number of amides is 3. The maximum atomic E-state index is 12.1. The van der Waals surface area contributed by atoms with E-state index in [4.69, 9.17) is 10.2 Å². The van der Waals surface area contributed by atoms with E-state index in [9.17, 15) is 19.2 Å². The smallest absolute Gasteiger partial charge is 0.326 e. The third-order valence-electron chi connectivity index (χ3n) is 3.22. The number of urea groups is 1. The Morgan fingerprint density at radius 1 is 1.43 bits per heavy atom. The van der Waals surface area contributed by atoms with E-state index in [2.05, 4.69) is 10.6 Å². The van der Waals surface area contributed by atoms with Crippen LogP contribution in [0.2, 0.25) is 0 Å². The maximum Gasteiger partial charge on any atom is 0.326 e. The van der Waals surface area contributed by atoms with Crippen LogP contribution in [-0.4, -0.2) is 64.2 Å². The van der Waals surface area contributed by atoms with Crippen LogP contribution in [0.5, 0.6) is 0 Å². The van der Waals surface area contributed by atoms with Gasteiger partial charge in [-0.15, -0.1) is 0 Å². The summed E-state index contributed by atoms with van der Waals surface area (Å²) in [6.07, 6.45) is -0.172. The van der Waals surface area contributed by atoms with Gasteiger partial charge in [0.2, 0.25) is 5.91 Å². The summed E-state index contributed by atoms with van der Waals surface area (Å²) in [6.45, 7) is 2.33. The number of carboxylic acid groups (broad SMARTS) is 2. The topological polar surface area (TPSA) is 136 Å². The molecule has 1 aliphatic heterocycles. The number of carboxylic acids is 2. The number of nitrogens with zero attached hydrogens (tertiary/aromatic N) is 1. The summed E-state index contributed by atoms with van der Waals surface area (Å²) >= 11 is 0. The first-order chi connectivity index (χ1) is 9.86. The van der Waals surface area contributed by atoms with Crippen LogP contribution in [0.25, 0.3) is 0 Å². The van der Waals surface area contributed by atoms with Crippen LogP contribution < -0.4 is 10.6 Å². The molecule has 2 atom stereocenters. The third-order valence-corrected chi connectivity index (χ3v) is 3.22. The number of hydrogen-bond acceptors (Lipinski definition) is 4. The predicted molar refractivity (Wildman–Crippen MR) is 70.6 cm³/mol. The van der Waals surface area contributed by atoms with Crippen molar-refractivity contribution in [1.29, 1.82) is 0 Å². The van der Waals surface area contributed by atoms with Crippen LogP contribution in [0, 0.1) is 0 Å². The van der Waals surface area contributed by atoms with Gasteiger partial charge in [0, 0.05) is 19.5 Å². The molecule has 1 aliphatic rings. The molecule has 118 valence electrons. The third kappa shape index (κ3) is 4.62. The van der Waals surface area contributed by atoms with Gasteiger partial charge in [0.15, 0.2) is 0 Å². The predicted octanol–water partition coefficient (Wildman–Crippen LogP) is -0.776. The summed E-state index contributed by atoms with van der Waals surface area (Å²) in [5.74, 6) is -2.73. The Labute approximate surface area is 121 Å². The van der Waals surface area contributed by atoms with Gasteiger partial charge in [-0.3, -0.25) is 9.59 Å². The normalized spacial score (nSPS) is 19.6. The molecule has 0 radical (unpaired) electrons. The van der Waals surface area contributed by atoms with Crippen molar-refractivity contribution in [3.8, 4) is 0 Å². The van der Waals surface area contributed by atoms with Crippen LogP contribution in [0.1, 0.15) is 26.2 Å². The zero-order valence-electron chi connectivity index (χ0n) is 11.7. The van der Waals surface area contributed by atoms with E-state index in [1.54, 1.807) is 6.92 Å². The number of piperazine rings is 1. The summed E-state index contributed by atoms with van der Waals surface area (Å²) in [5.41, 5.74) is 0. The number of hydrogen-bond donors (Lipinski definition) is 4. The zero-order valence-corrected chi connectivity index (χ0v) is 11.7. The minimum atomic E-state index is -1.31. The Balaban J connectivity index is 2.69. The Kier molecular flexibility index (Phi) is 5.94. The summed E-state index contributed by atoms with van der Waals surface area (Å²) in [5, 5.41) is 22.5. The summed E-state index contributed by atoms with van der Waals surface area (Å²) in [6, 6.07) is -2.61. The number of aliphatic carboxylic acids is 2. The lowest BCUT2D eigenvalue weighted by Crippen LogP contribution is -2.60. The molecule has 1 saturated heterocycles. The van der Waals surface area contributed by atoms with Gasteiger partial charge in [0.05, 0.1) is 0 Å². The maximum absolute atomic E-state index is 12.1. The molecule has 0 bridgehead atoms. The highest BCUT2D eigenvalue weighted by molar-refractivity contribution is 5.89. The second-order valence-electron chi connectivity index (χ2n) is 4.68. The van der Waals surface area contributed by atoms with Crippen molar-refractivity contribution in [3.05, 3.63) is 0 Å². The van der Waals surface area contributed by atoms with Crippen LogP contribution in [0.4, 0.5) is 4.79 Å². The van der Waals surface area contributed by atoms with Crippen molar-refractivity contribution in [2.24, 2.45) is 0 Å². The Morgan fingerprint density at radius 3 is 2.62 bits per heavy atom. The second kappa shape index (κ2) is 7.46. The van der Waals surface area contributed by atoms with Gasteiger partial charge in [-0.1, -0.05) is 6.92 Å². The summed E-state index contributed by atoms with van der Waals surface area (Å²) < 4.78 is 0. The van der Waals surface area contributed by atoms with Gasteiger partial charge in [0.25, 0.3) is 0 Å². The quantitative estimate of drug-likeness (QED) is 0.508. The fourth-order valence-corrected chi connectivity index (χ4v) is 2.12. The van der Waals surface area contributed by atoms with Gasteiger partial charge in [-0.2, -0.15) is 0 Å². The van der Waals surface area contributed by atoms with E-state index in [0.29, 0.717) is 13.0 Å². The van der Waals surface area contributed by atoms with Crippen LogP contribution >= 0.6 is 0 Å². The lowest BCUT2D eigenvalue weighted by molar-refractivity contribution is -0.140. The first kappa shape index (κ1) is 16.7. The molecule has 1 heterocycles. The molecule has 0 saturated carbocycles. The van der Waals surface area contributed by atoms with E-state index in [0.717, 1.165) is 0 Å². The van der Waals surface area contributed by atoms with Gasteiger partial charge < -0.3 is 25.7 Å². The molecule has 3 amide bonds. The van der Waals surface area contributed by atoms with Crippen molar-refractivity contribution in [2.45, 2.75) is 38.3 Å². The summed E-state index contributed by atoms with van der Waals surface area (Å²) in [4.78, 5) is 46.5. The molecule has 0 spiro atoms. The molecule has 21 heavy (non-hydrogen) atoms. The Hall–Kier alpha value is -2.32. The van der Waals surface area contributed by atoms with Crippen LogP contribution in [0.3, 0.4) is 0 Å². The molecule has 4 N–H and O–H groups in total. The van der Waals surface area contributed by atoms with Crippen molar-refractivity contribution in [3.63, 3.8) is 0 Å². The van der Waals surface area contributed by atoms with Crippen molar-refractivity contribution in [2.75, 3.05) is 13.1 Å². The SMILES string of the molecule is CCC1C(=O)NCCN1C(=O)N[C@@H](CCC(=O)O)C(=O)O. The molecule has 9 nitrogen and oxygen atoms in total. The lowest BCUT2D eigenvalue weighted by Gasteiger charge is -2.35. The molecule has 0 aliphatic carbocycles. The Morgan fingerprint density at radius 2 is 2.10 bits per heavy atom. The van der Waals surface area contributed by atoms with E-state index >= 15 is 0 Å². The molecule has 1 rings (SSSR count). The van der Waals surface area contributed by atoms with Crippen molar-refractivity contribution < 1.29 is 29.4 Å².